The third-order valence-corrected chi connectivity index (χ3v) is 7.19. The van der Waals surface area contributed by atoms with Crippen molar-refractivity contribution in [3.8, 4) is 0 Å². The van der Waals surface area contributed by atoms with Crippen molar-refractivity contribution < 1.29 is 8.42 Å². The van der Waals surface area contributed by atoms with E-state index in [0.29, 0.717) is 31.6 Å². The Labute approximate surface area is 138 Å². The van der Waals surface area contributed by atoms with Crippen LogP contribution in [0.3, 0.4) is 0 Å². The summed E-state index contributed by atoms with van der Waals surface area (Å²) < 4.78 is 27.3. The summed E-state index contributed by atoms with van der Waals surface area (Å²) in [5.74, 6) is 0. The highest BCUT2D eigenvalue weighted by atomic mass is 32.2. The van der Waals surface area contributed by atoms with Crippen LogP contribution in [0.25, 0.3) is 0 Å². The van der Waals surface area contributed by atoms with Crippen LogP contribution in [0, 0.1) is 0 Å². The molecule has 0 radical (unpaired) electrons. The number of nitrogen functional groups attached to an aromatic ring is 1. The molecule has 0 spiro atoms. The lowest BCUT2D eigenvalue weighted by Crippen LogP contribution is -2.51. The summed E-state index contributed by atoms with van der Waals surface area (Å²) in [6.45, 7) is 4.29. The van der Waals surface area contributed by atoms with Gasteiger partial charge in [-0.15, -0.1) is 0 Å². The first kappa shape index (κ1) is 16.5. The molecule has 23 heavy (non-hydrogen) atoms. The Morgan fingerprint density at radius 3 is 2.35 bits per heavy atom. The van der Waals surface area contributed by atoms with E-state index in [-0.39, 0.29) is 5.25 Å². The van der Waals surface area contributed by atoms with Crippen LogP contribution in [0.2, 0.25) is 0 Å². The number of nitrogens with zero attached hydrogens (tertiary/aromatic N) is 4. The van der Waals surface area contributed by atoms with E-state index >= 15 is 0 Å². The molecule has 0 amide bonds. The van der Waals surface area contributed by atoms with Crippen LogP contribution in [0.15, 0.2) is 18.5 Å². The topological polar surface area (TPSA) is 82.8 Å². The highest BCUT2D eigenvalue weighted by Gasteiger charge is 2.35. The number of likely N-dealkylation sites (N-methyl/N-ethyl adjacent to an activating group) is 1. The van der Waals surface area contributed by atoms with E-state index in [4.69, 9.17) is 5.73 Å². The van der Waals surface area contributed by atoms with Gasteiger partial charge in [0.2, 0.25) is 10.0 Å². The normalized spacial score (nSPS) is 22.4. The van der Waals surface area contributed by atoms with Gasteiger partial charge in [0, 0.05) is 45.5 Å². The monoisotopic (exact) mass is 339 g/mol. The Morgan fingerprint density at radius 2 is 1.74 bits per heavy atom. The van der Waals surface area contributed by atoms with Crippen LogP contribution in [0.5, 0.6) is 0 Å². The second-order valence-corrected chi connectivity index (χ2v) is 8.62. The summed E-state index contributed by atoms with van der Waals surface area (Å²) >= 11 is 0. The quantitative estimate of drug-likeness (QED) is 0.848. The number of rotatable bonds is 3. The smallest absolute Gasteiger partial charge is 0.217 e. The first-order valence-corrected chi connectivity index (χ1v) is 9.60. The number of nitrogens with two attached hydrogens (primary N) is 1. The average Bonchev–Trinajstić information content (AvgIpc) is 2.55. The van der Waals surface area contributed by atoms with Crippen molar-refractivity contribution in [1.82, 2.24) is 14.2 Å². The van der Waals surface area contributed by atoms with Crippen molar-refractivity contribution >= 4 is 21.4 Å². The van der Waals surface area contributed by atoms with Crippen molar-refractivity contribution in [2.24, 2.45) is 0 Å². The van der Waals surface area contributed by atoms with E-state index in [1.54, 1.807) is 16.7 Å². The molecule has 0 saturated carbocycles. The lowest BCUT2D eigenvalue weighted by Gasteiger charge is -2.38. The second-order valence-electron chi connectivity index (χ2n) is 6.41. The lowest BCUT2D eigenvalue weighted by molar-refractivity contribution is 0.220. The van der Waals surface area contributed by atoms with Crippen LogP contribution in [0.4, 0.5) is 11.4 Å². The summed E-state index contributed by atoms with van der Waals surface area (Å²) in [5.41, 5.74) is 7.38. The SMILES string of the molecule is CN1CCN(S(=O)(=O)C2CCN(c3cncc(N)c3)CC2)CC1. The Balaban J connectivity index is 1.62. The van der Waals surface area contributed by atoms with Crippen molar-refractivity contribution in [2.45, 2.75) is 18.1 Å². The molecule has 0 bridgehead atoms. The van der Waals surface area contributed by atoms with Gasteiger partial charge in [0.05, 0.1) is 22.8 Å². The molecule has 0 aromatic carbocycles. The van der Waals surface area contributed by atoms with Gasteiger partial charge in [0.25, 0.3) is 0 Å². The van der Waals surface area contributed by atoms with E-state index in [0.717, 1.165) is 31.9 Å². The van der Waals surface area contributed by atoms with Crippen molar-refractivity contribution in [1.29, 1.82) is 0 Å². The van der Waals surface area contributed by atoms with Crippen LogP contribution >= 0.6 is 0 Å². The summed E-state index contributed by atoms with van der Waals surface area (Å²) in [5, 5.41) is -0.267. The first-order valence-electron chi connectivity index (χ1n) is 8.10. The van der Waals surface area contributed by atoms with Gasteiger partial charge in [0.1, 0.15) is 0 Å². The second kappa shape index (κ2) is 6.62. The molecule has 0 aliphatic carbocycles. The van der Waals surface area contributed by atoms with E-state index < -0.39 is 10.0 Å². The zero-order valence-electron chi connectivity index (χ0n) is 13.6. The summed E-state index contributed by atoms with van der Waals surface area (Å²) in [6.07, 6.45) is 4.71. The Kier molecular flexibility index (Phi) is 4.74. The molecule has 3 heterocycles. The van der Waals surface area contributed by atoms with Crippen molar-refractivity contribution in [3.63, 3.8) is 0 Å². The number of hydrogen-bond donors (Lipinski definition) is 1. The fourth-order valence-electron chi connectivity index (χ4n) is 3.28. The van der Waals surface area contributed by atoms with Crippen LogP contribution in [-0.2, 0) is 10.0 Å². The standard InChI is InChI=1S/C15H25N5O2S/c1-18-6-8-20(9-7-18)23(21,22)15-2-4-19(5-3-15)14-10-13(16)11-17-12-14/h10-12,15H,2-9,16H2,1H3. The van der Waals surface area contributed by atoms with Crippen LogP contribution in [0.1, 0.15) is 12.8 Å². The van der Waals surface area contributed by atoms with E-state index in [1.807, 2.05) is 13.1 Å². The van der Waals surface area contributed by atoms with Gasteiger partial charge < -0.3 is 15.5 Å². The molecule has 7 nitrogen and oxygen atoms in total. The zero-order chi connectivity index (χ0) is 16.4. The fraction of sp³-hybridized carbons (Fsp3) is 0.667. The average molecular weight is 339 g/mol. The van der Waals surface area contributed by atoms with Crippen LogP contribution < -0.4 is 10.6 Å². The molecule has 2 aliphatic rings. The number of sulfonamides is 1. The molecule has 2 N–H and O–H groups in total. The highest BCUT2D eigenvalue weighted by molar-refractivity contribution is 7.89. The number of pyridine rings is 1. The van der Waals surface area contributed by atoms with Crippen LogP contribution in [-0.4, -0.2) is 74.2 Å². The molecule has 2 fully saturated rings. The number of anilines is 2. The summed E-state index contributed by atoms with van der Waals surface area (Å²) in [6, 6.07) is 1.89. The van der Waals surface area contributed by atoms with Gasteiger partial charge >= 0.3 is 0 Å². The predicted molar refractivity (Wildman–Crippen MR) is 91.9 cm³/mol. The van der Waals surface area contributed by atoms with E-state index in [1.165, 1.54) is 0 Å². The minimum atomic E-state index is -3.18. The maximum absolute atomic E-state index is 12.8. The number of hydrogen-bond acceptors (Lipinski definition) is 6. The van der Waals surface area contributed by atoms with Gasteiger partial charge in [-0.2, -0.15) is 4.31 Å². The third-order valence-electron chi connectivity index (χ3n) is 4.80. The Bertz CT molecular complexity index is 635. The fourth-order valence-corrected chi connectivity index (χ4v) is 5.18. The summed E-state index contributed by atoms with van der Waals surface area (Å²) in [7, 11) is -1.15. The molecular weight excluding hydrogens is 314 g/mol. The summed E-state index contributed by atoms with van der Waals surface area (Å²) in [4.78, 5) is 8.44. The number of piperidine rings is 1. The van der Waals surface area contributed by atoms with Gasteiger partial charge in [-0.3, -0.25) is 4.98 Å². The predicted octanol–water partition coefficient (Wildman–Crippen LogP) is 0.210. The molecule has 1 aromatic heterocycles. The van der Waals surface area contributed by atoms with E-state index in [2.05, 4.69) is 14.8 Å². The molecule has 0 atom stereocenters. The largest absolute Gasteiger partial charge is 0.397 e. The molecule has 1 aromatic rings. The molecule has 128 valence electrons. The van der Waals surface area contributed by atoms with Crippen molar-refractivity contribution in [2.75, 3.05) is 56.9 Å². The van der Waals surface area contributed by atoms with Gasteiger partial charge in [0.15, 0.2) is 0 Å². The molecule has 0 unspecified atom stereocenters. The number of aromatic nitrogens is 1. The minimum Gasteiger partial charge on any atom is -0.397 e. The maximum Gasteiger partial charge on any atom is 0.217 e. The third kappa shape index (κ3) is 3.59. The molecule has 8 heteroatoms. The Morgan fingerprint density at radius 1 is 1.09 bits per heavy atom. The maximum atomic E-state index is 12.8. The van der Waals surface area contributed by atoms with Gasteiger partial charge in [-0.25, -0.2) is 8.42 Å². The first-order chi connectivity index (χ1) is 11.0. The lowest BCUT2D eigenvalue weighted by atomic mass is 10.1. The Hall–Kier alpha value is -1.38. The highest BCUT2D eigenvalue weighted by Crippen LogP contribution is 2.26. The number of piperazine rings is 1. The zero-order valence-corrected chi connectivity index (χ0v) is 14.4. The molecule has 2 saturated heterocycles. The molecule has 2 aliphatic heterocycles. The minimum absolute atomic E-state index is 0.267. The van der Waals surface area contributed by atoms with Crippen molar-refractivity contribution in [3.05, 3.63) is 18.5 Å². The molecule has 3 rings (SSSR count). The van der Waals surface area contributed by atoms with E-state index in [9.17, 15) is 8.42 Å². The molecular formula is C15H25N5O2S. The van der Waals surface area contributed by atoms with Gasteiger partial charge in [-0.05, 0) is 26.0 Å². The van der Waals surface area contributed by atoms with Gasteiger partial charge in [-0.1, -0.05) is 0 Å².